The zero-order valence-corrected chi connectivity index (χ0v) is 12.8. The lowest BCUT2D eigenvalue weighted by Crippen LogP contribution is -2.16. The first-order valence-corrected chi connectivity index (χ1v) is 7.12. The Bertz CT molecular complexity index is 635. The SMILES string of the molecule is Cc1ccccc1NC(=O)CCOc1cccc(C)c1C. The van der Waals surface area contributed by atoms with Crippen LogP contribution >= 0.6 is 0 Å². The van der Waals surface area contributed by atoms with Crippen LogP contribution in [0.3, 0.4) is 0 Å². The van der Waals surface area contributed by atoms with Crippen LogP contribution in [0.2, 0.25) is 0 Å². The maximum Gasteiger partial charge on any atom is 0.227 e. The van der Waals surface area contributed by atoms with E-state index < -0.39 is 0 Å². The molecule has 3 nitrogen and oxygen atoms in total. The summed E-state index contributed by atoms with van der Waals surface area (Å²) < 4.78 is 5.70. The third kappa shape index (κ3) is 4.09. The molecule has 0 aliphatic heterocycles. The molecular formula is C18H21NO2. The Morgan fingerprint density at radius 3 is 2.48 bits per heavy atom. The van der Waals surface area contributed by atoms with E-state index in [2.05, 4.69) is 5.32 Å². The quantitative estimate of drug-likeness (QED) is 0.900. The fourth-order valence-corrected chi connectivity index (χ4v) is 2.06. The van der Waals surface area contributed by atoms with Crippen LogP contribution in [0.25, 0.3) is 0 Å². The Kier molecular flexibility index (Phi) is 4.99. The number of nitrogens with one attached hydrogen (secondary N) is 1. The minimum Gasteiger partial charge on any atom is -0.493 e. The number of anilines is 1. The lowest BCUT2D eigenvalue weighted by Gasteiger charge is -2.11. The average molecular weight is 283 g/mol. The monoisotopic (exact) mass is 283 g/mol. The van der Waals surface area contributed by atoms with Gasteiger partial charge in [0.25, 0.3) is 0 Å². The van der Waals surface area contributed by atoms with Crippen molar-refractivity contribution in [2.24, 2.45) is 0 Å². The van der Waals surface area contributed by atoms with Gasteiger partial charge in [-0.3, -0.25) is 4.79 Å². The molecule has 2 rings (SSSR count). The predicted octanol–water partition coefficient (Wildman–Crippen LogP) is 4.02. The minimum atomic E-state index is -0.0328. The van der Waals surface area contributed by atoms with E-state index in [1.165, 1.54) is 5.56 Å². The highest BCUT2D eigenvalue weighted by Gasteiger charge is 2.06. The summed E-state index contributed by atoms with van der Waals surface area (Å²) >= 11 is 0. The Hall–Kier alpha value is -2.29. The van der Waals surface area contributed by atoms with Crippen molar-refractivity contribution in [2.75, 3.05) is 11.9 Å². The third-order valence-corrected chi connectivity index (χ3v) is 3.56. The van der Waals surface area contributed by atoms with E-state index in [0.717, 1.165) is 22.6 Å². The fraction of sp³-hybridized carbons (Fsp3) is 0.278. The molecule has 0 saturated carbocycles. The molecule has 0 bridgehead atoms. The fourth-order valence-electron chi connectivity index (χ4n) is 2.06. The van der Waals surface area contributed by atoms with Crippen molar-refractivity contribution in [2.45, 2.75) is 27.2 Å². The minimum absolute atomic E-state index is 0.0328. The number of benzene rings is 2. The Morgan fingerprint density at radius 2 is 1.71 bits per heavy atom. The van der Waals surface area contributed by atoms with Crippen LogP contribution in [0.5, 0.6) is 5.75 Å². The number of carbonyl (C=O) groups excluding carboxylic acids is 1. The normalized spacial score (nSPS) is 10.2. The van der Waals surface area contributed by atoms with E-state index in [1.807, 2.05) is 63.2 Å². The van der Waals surface area contributed by atoms with Crippen LogP contribution < -0.4 is 10.1 Å². The lowest BCUT2D eigenvalue weighted by molar-refractivity contribution is -0.116. The molecule has 0 fully saturated rings. The van der Waals surface area contributed by atoms with Crippen molar-refractivity contribution >= 4 is 11.6 Å². The summed E-state index contributed by atoms with van der Waals surface area (Å²) in [6.07, 6.45) is 0.335. The summed E-state index contributed by atoms with van der Waals surface area (Å²) in [7, 11) is 0. The van der Waals surface area contributed by atoms with Gasteiger partial charge in [-0.15, -0.1) is 0 Å². The Morgan fingerprint density at radius 1 is 1.00 bits per heavy atom. The van der Waals surface area contributed by atoms with Gasteiger partial charge in [-0.25, -0.2) is 0 Å². The van der Waals surface area contributed by atoms with E-state index in [9.17, 15) is 4.79 Å². The van der Waals surface area contributed by atoms with E-state index in [4.69, 9.17) is 4.74 Å². The van der Waals surface area contributed by atoms with Crippen molar-refractivity contribution in [3.05, 3.63) is 59.2 Å². The average Bonchev–Trinajstić information content (AvgIpc) is 2.46. The zero-order chi connectivity index (χ0) is 15.2. The number of rotatable bonds is 5. The first-order chi connectivity index (χ1) is 10.1. The van der Waals surface area contributed by atoms with Crippen LogP contribution in [-0.4, -0.2) is 12.5 Å². The van der Waals surface area contributed by atoms with Gasteiger partial charge in [0, 0.05) is 5.69 Å². The molecule has 0 aliphatic carbocycles. The van der Waals surface area contributed by atoms with Gasteiger partial charge in [0.05, 0.1) is 13.0 Å². The maximum atomic E-state index is 11.9. The molecule has 1 amide bonds. The van der Waals surface area contributed by atoms with Gasteiger partial charge in [-0.2, -0.15) is 0 Å². The van der Waals surface area contributed by atoms with E-state index in [-0.39, 0.29) is 5.91 Å². The first kappa shape index (κ1) is 15.1. The first-order valence-electron chi connectivity index (χ1n) is 7.12. The summed E-state index contributed by atoms with van der Waals surface area (Å²) in [5, 5.41) is 2.90. The van der Waals surface area contributed by atoms with E-state index >= 15 is 0 Å². The predicted molar refractivity (Wildman–Crippen MR) is 85.8 cm³/mol. The molecule has 1 N–H and O–H groups in total. The van der Waals surface area contributed by atoms with Crippen LogP contribution in [0.15, 0.2) is 42.5 Å². The molecule has 2 aromatic rings. The highest BCUT2D eigenvalue weighted by atomic mass is 16.5. The molecule has 0 radical (unpaired) electrons. The van der Waals surface area contributed by atoms with Crippen molar-refractivity contribution in [3.8, 4) is 5.75 Å². The van der Waals surface area contributed by atoms with Crippen molar-refractivity contribution < 1.29 is 9.53 Å². The maximum absolute atomic E-state index is 11.9. The number of hydrogen-bond donors (Lipinski definition) is 1. The molecule has 0 heterocycles. The third-order valence-electron chi connectivity index (χ3n) is 3.56. The molecule has 0 aliphatic rings. The second-order valence-electron chi connectivity index (χ2n) is 5.16. The summed E-state index contributed by atoms with van der Waals surface area (Å²) in [5.41, 5.74) is 4.23. The molecule has 110 valence electrons. The van der Waals surface area contributed by atoms with E-state index in [1.54, 1.807) is 0 Å². The lowest BCUT2D eigenvalue weighted by atomic mass is 10.1. The number of para-hydroxylation sites is 1. The van der Waals surface area contributed by atoms with Crippen LogP contribution in [0.1, 0.15) is 23.1 Å². The summed E-state index contributed by atoms with van der Waals surface area (Å²) in [6, 6.07) is 13.7. The molecular weight excluding hydrogens is 262 g/mol. The second-order valence-corrected chi connectivity index (χ2v) is 5.16. The topological polar surface area (TPSA) is 38.3 Å². The van der Waals surface area contributed by atoms with Gasteiger partial charge in [-0.1, -0.05) is 30.3 Å². The molecule has 0 spiro atoms. The van der Waals surface area contributed by atoms with Gasteiger partial charge in [0.1, 0.15) is 5.75 Å². The van der Waals surface area contributed by atoms with Crippen LogP contribution in [-0.2, 0) is 4.79 Å². The highest BCUT2D eigenvalue weighted by molar-refractivity contribution is 5.91. The van der Waals surface area contributed by atoms with Crippen molar-refractivity contribution in [1.82, 2.24) is 0 Å². The van der Waals surface area contributed by atoms with Crippen molar-refractivity contribution in [3.63, 3.8) is 0 Å². The van der Waals surface area contributed by atoms with Gasteiger partial charge < -0.3 is 10.1 Å². The van der Waals surface area contributed by atoms with Crippen molar-refractivity contribution in [1.29, 1.82) is 0 Å². The van der Waals surface area contributed by atoms with Gasteiger partial charge in [0.15, 0.2) is 0 Å². The molecule has 0 atom stereocenters. The summed E-state index contributed by atoms with van der Waals surface area (Å²) in [5.74, 6) is 0.813. The largest absolute Gasteiger partial charge is 0.493 e. The summed E-state index contributed by atoms with van der Waals surface area (Å²) in [6.45, 7) is 6.43. The Balaban J connectivity index is 1.85. The number of hydrogen-bond acceptors (Lipinski definition) is 2. The second kappa shape index (κ2) is 6.93. The van der Waals surface area contributed by atoms with Crippen LogP contribution in [0, 0.1) is 20.8 Å². The molecule has 0 aromatic heterocycles. The number of aryl methyl sites for hydroxylation is 2. The molecule has 0 saturated heterocycles. The molecule has 21 heavy (non-hydrogen) atoms. The molecule has 0 unspecified atom stereocenters. The molecule has 3 heteroatoms. The van der Waals surface area contributed by atoms with Gasteiger partial charge in [-0.05, 0) is 49.6 Å². The number of carbonyl (C=O) groups is 1. The number of ether oxygens (including phenoxy) is 1. The summed E-state index contributed by atoms with van der Waals surface area (Å²) in [4.78, 5) is 11.9. The van der Waals surface area contributed by atoms with E-state index in [0.29, 0.717) is 13.0 Å². The molecule has 2 aromatic carbocycles. The smallest absolute Gasteiger partial charge is 0.227 e. The van der Waals surface area contributed by atoms with Gasteiger partial charge in [0.2, 0.25) is 5.91 Å². The van der Waals surface area contributed by atoms with Crippen LogP contribution in [0.4, 0.5) is 5.69 Å². The zero-order valence-electron chi connectivity index (χ0n) is 12.8. The highest BCUT2D eigenvalue weighted by Crippen LogP contribution is 2.20. The Labute approximate surface area is 126 Å². The van der Waals surface area contributed by atoms with Gasteiger partial charge >= 0.3 is 0 Å². The standard InChI is InChI=1S/C18H21NO2/c1-13-8-6-10-17(15(13)3)21-12-11-18(20)19-16-9-5-4-7-14(16)2/h4-10H,11-12H2,1-3H3,(H,19,20). The number of amides is 1.